The minimum absolute atomic E-state index is 0.192. The van der Waals surface area contributed by atoms with Crippen molar-refractivity contribution in [2.24, 2.45) is 0 Å². The Balaban J connectivity index is 1.80. The predicted octanol–water partition coefficient (Wildman–Crippen LogP) is 3.35. The summed E-state index contributed by atoms with van der Waals surface area (Å²) < 4.78 is 11.5. The van der Waals surface area contributed by atoms with E-state index in [1.807, 2.05) is 24.3 Å². The first-order valence-corrected chi connectivity index (χ1v) is 7.02. The van der Waals surface area contributed by atoms with Gasteiger partial charge in [-0.1, -0.05) is 23.7 Å². The lowest BCUT2D eigenvalue weighted by molar-refractivity contribution is 0.0681. The summed E-state index contributed by atoms with van der Waals surface area (Å²) in [5.74, 6) is 0.790. The Bertz CT molecular complexity index is 586. The van der Waals surface area contributed by atoms with E-state index in [1.165, 1.54) is 6.33 Å². The first kappa shape index (κ1) is 13.3. The smallest absolute Gasteiger partial charge is 0.133 e. The molecule has 20 heavy (non-hydrogen) atoms. The molecule has 0 bridgehead atoms. The lowest BCUT2D eigenvalue weighted by Crippen LogP contribution is -2.16. The third kappa shape index (κ3) is 3.08. The number of nitrogens with zero attached hydrogens (tertiary/aromatic N) is 2. The van der Waals surface area contributed by atoms with Gasteiger partial charge in [0.05, 0.1) is 11.8 Å². The summed E-state index contributed by atoms with van der Waals surface area (Å²) >= 11 is 5.92. The van der Waals surface area contributed by atoms with E-state index < -0.39 is 0 Å². The number of aromatic nitrogens is 2. The van der Waals surface area contributed by atoms with E-state index in [0.717, 1.165) is 36.5 Å². The maximum Gasteiger partial charge on any atom is 0.133 e. The monoisotopic (exact) mass is 290 g/mol. The Morgan fingerprint density at radius 2 is 2.20 bits per heavy atom. The molecule has 2 aromatic rings. The number of hydrogen-bond donors (Lipinski definition) is 0. The van der Waals surface area contributed by atoms with Crippen LogP contribution in [0, 0.1) is 0 Å². The fraction of sp³-hybridized carbons (Fsp3) is 0.333. The second kappa shape index (κ2) is 6.20. The Morgan fingerprint density at radius 1 is 1.30 bits per heavy atom. The predicted molar refractivity (Wildman–Crippen MR) is 76.9 cm³/mol. The van der Waals surface area contributed by atoms with Gasteiger partial charge in [-0.15, -0.1) is 0 Å². The van der Waals surface area contributed by atoms with Crippen molar-refractivity contribution >= 4 is 11.6 Å². The van der Waals surface area contributed by atoms with Crippen molar-refractivity contribution in [3.63, 3.8) is 0 Å². The number of rotatable bonds is 4. The van der Waals surface area contributed by atoms with Crippen LogP contribution < -0.4 is 4.74 Å². The molecule has 1 unspecified atom stereocenters. The van der Waals surface area contributed by atoms with E-state index in [0.29, 0.717) is 11.8 Å². The van der Waals surface area contributed by atoms with Crippen LogP contribution in [0.4, 0.5) is 0 Å². The molecule has 0 spiro atoms. The van der Waals surface area contributed by atoms with Gasteiger partial charge in [0.25, 0.3) is 0 Å². The van der Waals surface area contributed by atoms with Gasteiger partial charge in [-0.05, 0) is 25.0 Å². The number of ether oxygens (including phenoxy) is 2. The molecular formula is C15H15ClN2O2. The highest BCUT2D eigenvalue weighted by molar-refractivity contribution is 6.29. The van der Waals surface area contributed by atoms with Crippen LogP contribution >= 0.6 is 11.6 Å². The fourth-order valence-corrected chi connectivity index (χ4v) is 2.39. The molecule has 2 heterocycles. The molecule has 5 heteroatoms. The molecule has 1 aliphatic heterocycles. The zero-order chi connectivity index (χ0) is 13.8. The van der Waals surface area contributed by atoms with Crippen LogP contribution in [0.1, 0.15) is 12.8 Å². The summed E-state index contributed by atoms with van der Waals surface area (Å²) in [6.07, 6.45) is 3.81. The second-order valence-electron chi connectivity index (χ2n) is 4.67. The number of halogens is 1. The zero-order valence-electron chi connectivity index (χ0n) is 11.0. The molecule has 1 atom stereocenters. The van der Waals surface area contributed by atoms with Crippen molar-refractivity contribution in [1.29, 1.82) is 0 Å². The van der Waals surface area contributed by atoms with Gasteiger partial charge < -0.3 is 9.47 Å². The lowest BCUT2D eigenvalue weighted by atomic mass is 10.1. The third-order valence-electron chi connectivity index (χ3n) is 3.25. The third-order valence-corrected chi connectivity index (χ3v) is 3.45. The minimum atomic E-state index is 0.192. The van der Waals surface area contributed by atoms with Crippen molar-refractivity contribution in [3.8, 4) is 17.0 Å². The normalized spacial score (nSPS) is 18.1. The van der Waals surface area contributed by atoms with Crippen LogP contribution in [0.15, 0.2) is 36.7 Å². The minimum Gasteiger partial charge on any atom is -0.490 e. The summed E-state index contributed by atoms with van der Waals surface area (Å²) in [6.45, 7) is 1.40. The van der Waals surface area contributed by atoms with Gasteiger partial charge in [0, 0.05) is 18.2 Å². The zero-order valence-corrected chi connectivity index (χ0v) is 11.7. The van der Waals surface area contributed by atoms with Crippen LogP contribution in [-0.2, 0) is 4.74 Å². The number of hydrogen-bond acceptors (Lipinski definition) is 4. The van der Waals surface area contributed by atoms with Crippen molar-refractivity contribution < 1.29 is 9.47 Å². The second-order valence-corrected chi connectivity index (χ2v) is 5.06. The van der Waals surface area contributed by atoms with Crippen molar-refractivity contribution in [2.75, 3.05) is 13.2 Å². The summed E-state index contributed by atoms with van der Waals surface area (Å²) in [6, 6.07) is 9.51. The maximum atomic E-state index is 5.92. The van der Waals surface area contributed by atoms with Crippen LogP contribution in [0.5, 0.6) is 5.75 Å². The number of benzene rings is 1. The van der Waals surface area contributed by atoms with Crippen LogP contribution in [0.25, 0.3) is 11.3 Å². The Labute approximate surface area is 122 Å². The molecule has 0 radical (unpaired) electrons. The highest BCUT2D eigenvalue weighted by Gasteiger charge is 2.17. The summed E-state index contributed by atoms with van der Waals surface area (Å²) in [5.41, 5.74) is 1.67. The summed E-state index contributed by atoms with van der Waals surface area (Å²) in [7, 11) is 0. The highest BCUT2D eigenvalue weighted by Crippen LogP contribution is 2.29. The van der Waals surface area contributed by atoms with Gasteiger partial charge in [-0.2, -0.15) is 0 Å². The Hall–Kier alpha value is -1.65. The molecule has 1 aromatic carbocycles. The topological polar surface area (TPSA) is 44.2 Å². The molecule has 0 saturated carbocycles. The summed E-state index contributed by atoms with van der Waals surface area (Å²) in [4.78, 5) is 8.14. The Morgan fingerprint density at radius 3 is 3.00 bits per heavy atom. The molecule has 0 amide bonds. The quantitative estimate of drug-likeness (QED) is 0.810. The van der Waals surface area contributed by atoms with Gasteiger partial charge in [0.2, 0.25) is 0 Å². The first-order chi connectivity index (χ1) is 9.83. The first-order valence-electron chi connectivity index (χ1n) is 6.64. The molecule has 104 valence electrons. The highest BCUT2D eigenvalue weighted by atomic mass is 35.5. The van der Waals surface area contributed by atoms with Crippen molar-refractivity contribution in [1.82, 2.24) is 9.97 Å². The van der Waals surface area contributed by atoms with Crippen LogP contribution in [0.2, 0.25) is 5.15 Å². The largest absolute Gasteiger partial charge is 0.490 e. The van der Waals surface area contributed by atoms with E-state index in [1.54, 1.807) is 6.07 Å². The molecule has 1 aliphatic rings. The van der Waals surface area contributed by atoms with E-state index >= 15 is 0 Å². The maximum absolute atomic E-state index is 5.92. The van der Waals surface area contributed by atoms with E-state index in [2.05, 4.69) is 9.97 Å². The number of para-hydroxylation sites is 1. The molecule has 1 fully saturated rings. The van der Waals surface area contributed by atoms with Gasteiger partial charge >= 0.3 is 0 Å². The Kier molecular flexibility index (Phi) is 4.14. The lowest BCUT2D eigenvalue weighted by Gasteiger charge is -2.14. The van der Waals surface area contributed by atoms with Gasteiger partial charge in [-0.25, -0.2) is 9.97 Å². The summed E-state index contributed by atoms with van der Waals surface area (Å²) in [5, 5.41) is 0.420. The van der Waals surface area contributed by atoms with Crippen LogP contribution in [0.3, 0.4) is 0 Å². The van der Waals surface area contributed by atoms with Crippen LogP contribution in [-0.4, -0.2) is 29.3 Å². The standard InChI is InChI=1S/C15H15ClN2O2/c16-15-8-13(17-10-18-15)12-5-1-2-6-14(12)20-9-11-4-3-7-19-11/h1-2,5-6,8,10-11H,3-4,7,9H2. The van der Waals surface area contributed by atoms with E-state index in [-0.39, 0.29) is 6.10 Å². The molecule has 1 aromatic heterocycles. The molecule has 0 N–H and O–H groups in total. The average molecular weight is 291 g/mol. The van der Waals surface area contributed by atoms with Gasteiger partial charge in [-0.3, -0.25) is 0 Å². The molecule has 3 rings (SSSR count). The van der Waals surface area contributed by atoms with Crippen molar-refractivity contribution in [2.45, 2.75) is 18.9 Å². The van der Waals surface area contributed by atoms with E-state index in [9.17, 15) is 0 Å². The average Bonchev–Trinajstić information content (AvgIpc) is 2.99. The SMILES string of the molecule is Clc1cc(-c2ccccc2OCC2CCCO2)ncn1. The van der Waals surface area contributed by atoms with E-state index in [4.69, 9.17) is 21.1 Å². The fourth-order valence-electron chi connectivity index (χ4n) is 2.24. The molecule has 1 saturated heterocycles. The van der Waals surface area contributed by atoms with Gasteiger partial charge in [0.15, 0.2) is 0 Å². The molecule has 4 nitrogen and oxygen atoms in total. The van der Waals surface area contributed by atoms with Crippen molar-refractivity contribution in [3.05, 3.63) is 41.8 Å². The molecular weight excluding hydrogens is 276 g/mol. The molecule has 0 aliphatic carbocycles. The van der Waals surface area contributed by atoms with Gasteiger partial charge in [0.1, 0.15) is 23.8 Å².